The van der Waals surface area contributed by atoms with Crippen molar-refractivity contribution in [2.75, 3.05) is 32.7 Å². The summed E-state index contributed by atoms with van der Waals surface area (Å²) in [6.45, 7) is -1.14. The minimum atomic E-state index is -3.96. The van der Waals surface area contributed by atoms with Gasteiger partial charge in [-0.1, -0.05) is 29.3 Å². The minimum Gasteiger partial charge on any atom is -0.351 e. The summed E-state index contributed by atoms with van der Waals surface area (Å²) in [6, 6.07) is 10.0. The van der Waals surface area contributed by atoms with Gasteiger partial charge in [-0.15, -0.1) is 0 Å². The second-order valence-electron chi connectivity index (χ2n) is 8.33. The third-order valence-corrected chi connectivity index (χ3v) is 8.60. The van der Waals surface area contributed by atoms with Gasteiger partial charge in [0.2, 0.25) is 0 Å². The van der Waals surface area contributed by atoms with E-state index in [0.29, 0.717) is 17.9 Å². The molecule has 1 aromatic carbocycles. The van der Waals surface area contributed by atoms with Crippen molar-refractivity contribution < 1.29 is 22.0 Å². The molecule has 4 rings (SSSR count). The van der Waals surface area contributed by atoms with Gasteiger partial charge in [-0.05, 0) is 43.2 Å². The van der Waals surface area contributed by atoms with Crippen LogP contribution in [0, 0.1) is 0 Å². The molecule has 178 valence electrons. The quantitative estimate of drug-likeness (QED) is 0.635. The van der Waals surface area contributed by atoms with Gasteiger partial charge >= 0.3 is 0 Å². The maximum Gasteiger partial charge on any atom is 0.282 e. The van der Waals surface area contributed by atoms with Gasteiger partial charge < -0.3 is 5.32 Å². The number of aromatic nitrogens is 1. The Morgan fingerprint density at radius 3 is 2.36 bits per heavy atom. The minimum absolute atomic E-state index is 0.124. The third-order valence-electron chi connectivity index (χ3n) is 6.12. The number of piperidine rings is 1. The molecule has 0 saturated carbocycles. The summed E-state index contributed by atoms with van der Waals surface area (Å²) in [5, 5.41) is 3.53. The van der Waals surface area contributed by atoms with Crippen molar-refractivity contribution in [1.82, 2.24) is 18.9 Å². The number of alkyl halides is 2. The lowest BCUT2D eigenvalue weighted by molar-refractivity contribution is -0.0967. The van der Waals surface area contributed by atoms with Gasteiger partial charge in [0.15, 0.2) is 0 Å². The maximum absolute atomic E-state index is 13.2. The van der Waals surface area contributed by atoms with Crippen molar-refractivity contribution >= 4 is 39.3 Å². The molecule has 2 saturated heterocycles. The van der Waals surface area contributed by atoms with Gasteiger partial charge in [0.1, 0.15) is 0 Å². The Balaban J connectivity index is 1.49. The molecule has 1 aromatic heterocycles. The number of pyridine rings is 1. The lowest BCUT2D eigenvalue weighted by Gasteiger charge is -2.45. The molecule has 0 radical (unpaired) electrons. The van der Waals surface area contributed by atoms with E-state index in [-0.39, 0.29) is 36.1 Å². The number of hydrogen-bond acceptors (Lipinski definition) is 4. The molecule has 12 heteroatoms. The number of carbonyl (C=O) groups excluding carboxylic acids is 1. The lowest BCUT2D eigenvalue weighted by Crippen LogP contribution is -2.63. The van der Waals surface area contributed by atoms with E-state index in [1.165, 1.54) is 16.4 Å². The molecule has 2 aliphatic heterocycles. The molecule has 1 amide bonds. The Hall–Kier alpha value is -1.85. The Labute approximate surface area is 200 Å². The molecule has 0 unspecified atom stereocenters. The fourth-order valence-corrected chi connectivity index (χ4v) is 6.33. The normalized spacial score (nSPS) is 20.7. The zero-order valence-corrected chi connectivity index (χ0v) is 19.8. The molecule has 2 fully saturated rings. The van der Waals surface area contributed by atoms with E-state index in [4.69, 9.17) is 23.2 Å². The summed E-state index contributed by atoms with van der Waals surface area (Å²) in [5.41, 5.74) is 0.372. The monoisotopic (exact) mass is 518 g/mol. The SMILES string of the molecule is O=C(NCC1(c2ccccn2)CCN(S(=O)(=O)N2CC(F)(F)C2)CC1)c1ccc(Cl)cc1Cl. The molecular formula is C21H22Cl2F2N4O3S. The summed E-state index contributed by atoms with van der Waals surface area (Å²) in [4.78, 5) is 17.2. The Morgan fingerprint density at radius 1 is 1.09 bits per heavy atom. The number of halogens is 4. The van der Waals surface area contributed by atoms with Crippen molar-refractivity contribution in [3.63, 3.8) is 0 Å². The van der Waals surface area contributed by atoms with Crippen LogP contribution in [0.15, 0.2) is 42.6 Å². The molecule has 2 aliphatic rings. The van der Waals surface area contributed by atoms with Crippen LogP contribution in [0.5, 0.6) is 0 Å². The molecule has 2 aromatic rings. The number of amides is 1. The highest BCUT2D eigenvalue weighted by Gasteiger charge is 2.52. The van der Waals surface area contributed by atoms with Gasteiger partial charge in [-0.2, -0.15) is 17.0 Å². The van der Waals surface area contributed by atoms with Gasteiger partial charge in [-0.25, -0.2) is 8.78 Å². The van der Waals surface area contributed by atoms with Crippen molar-refractivity contribution in [1.29, 1.82) is 0 Å². The average Bonchev–Trinajstić information content (AvgIpc) is 2.76. The van der Waals surface area contributed by atoms with E-state index in [1.54, 1.807) is 18.3 Å². The standard InChI is InChI=1S/C21H22Cl2F2N4O3S/c22-15-4-5-16(17(23)11-15)19(30)27-12-20(18-3-1-2-8-26-18)6-9-28(10-7-20)33(31,32)29-13-21(24,25)14-29/h1-5,8,11H,6-7,9-10,12-14H2,(H,27,30). The first kappa shape index (κ1) is 24.3. The molecule has 0 spiro atoms. The number of benzene rings is 1. The average molecular weight is 519 g/mol. The number of rotatable bonds is 6. The second-order valence-corrected chi connectivity index (χ2v) is 11.1. The summed E-state index contributed by atoms with van der Waals surface area (Å²) >= 11 is 12.0. The number of nitrogens with one attached hydrogen (secondary N) is 1. The van der Waals surface area contributed by atoms with Crippen molar-refractivity contribution in [3.05, 3.63) is 63.9 Å². The van der Waals surface area contributed by atoms with Crippen LogP contribution in [0.3, 0.4) is 0 Å². The van der Waals surface area contributed by atoms with Crippen LogP contribution in [-0.2, 0) is 15.6 Å². The van der Waals surface area contributed by atoms with Gasteiger partial charge in [0.05, 0.1) is 23.7 Å². The van der Waals surface area contributed by atoms with E-state index in [2.05, 4.69) is 10.3 Å². The number of carbonyl (C=O) groups is 1. The predicted molar refractivity (Wildman–Crippen MR) is 121 cm³/mol. The maximum atomic E-state index is 13.2. The van der Waals surface area contributed by atoms with Crippen LogP contribution in [0.1, 0.15) is 28.9 Å². The predicted octanol–water partition coefficient (Wildman–Crippen LogP) is 3.35. The van der Waals surface area contributed by atoms with E-state index in [1.807, 2.05) is 12.1 Å². The zero-order chi connectivity index (χ0) is 23.9. The molecule has 0 atom stereocenters. The van der Waals surface area contributed by atoms with Crippen LogP contribution in [0.4, 0.5) is 8.78 Å². The first-order chi connectivity index (χ1) is 15.5. The zero-order valence-electron chi connectivity index (χ0n) is 17.5. The smallest absolute Gasteiger partial charge is 0.282 e. The van der Waals surface area contributed by atoms with Crippen LogP contribution in [0.25, 0.3) is 0 Å². The fraction of sp³-hybridized carbons (Fsp3) is 0.429. The topological polar surface area (TPSA) is 82.6 Å². The highest BCUT2D eigenvalue weighted by Crippen LogP contribution is 2.37. The summed E-state index contributed by atoms with van der Waals surface area (Å²) in [6.07, 6.45) is 2.37. The number of nitrogens with zero attached hydrogens (tertiary/aromatic N) is 3. The first-order valence-corrected chi connectivity index (χ1v) is 12.5. The van der Waals surface area contributed by atoms with Crippen molar-refractivity contribution in [3.8, 4) is 0 Å². The lowest BCUT2D eigenvalue weighted by atomic mass is 9.75. The third kappa shape index (κ3) is 5.00. The fourth-order valence-electron chi connectivity index (χ4n) is 4.16. The molecule has 7 nitrogen and oxygen atoms in total. The summed E-state index contributed by atoms with van der Waals surface area (Å²) in [7, 11) is -3.96. The van der Waals surface area contributed by atoms with Gasteiger partial charge in [-0.3, -0.25) is 9.78 Å². The van der Waals surface area contributed by atoms with Crippen LogP contribution in [0.2, 0.25) is 10.0 Å². The van der Waals surface area contributed by atoms with E-state index in [9.17, 15) is 22.0 Å². The van der Waals surface area contributed by atoms with Crippen LogP contribution >= 0.6 is 23.2 Å². The largest absolute Gasteiger partial charge is 0.351 e. The number of hydrogen-bond donors (Lipinski definition) is 1. The summed E-state index contributed by atoms with van der Waals surface area (Å²) < 4.78 is 53.9. The van der Waals surface area contributed by atoms with Crippen molar-refractivity contribution in [2.45, 2.75) is 24.2 Å². The molecule has 1 N–H and O–H groups in total. The van der Waals surface area contributed by atoms with E-state index in [0.717, 1.165) is 10.00 Å². The van der Waals surface area contributed by atoms with Crippen molar-refractivity contribution in [2.24, 2.45) is 0 Å². The second kappa shape index (κ2) is 9.07. The highest BCUT2D eigenvalue weighted by molar-refractivity contribution is 7.86. The molecule has 0 bridgehead atoms. The van der Waals surface area contributed by atoms with E-state index >= 15 is 0 Å². The Kier molecular flexibility index (Phi) is 6.67. The van der Waals surface area contributed by atoms with Gasteiger partial charge in [0, 0.05) is 42.0 Å². The Bertz CT molecular complexity index is 1140. The van der Waals surface area contributed by atoms with Crippen LogP contribution < -0.4 is 5.32 Å². The summed E-state index contributed by atoms with van der Waals surface area (Å²) in [5.74, 6) is -3.36. The van der Waals surface area contributed by atoms with Crippen LogP contribution in [-0.4, -0.2) is 66.6 Å². The molecule has 3 heterocycles. The molecular weight excluding hydrogens is 497 g/mol. The van der Waals surface area contributed by atoms with Gasteiger partial charge in [0.25, 0.3) is 22.0 Å². The van der Waals surface area contributed by atoms with E-state index < -0.39 is 34.6 Å². The molecule has 0 aliphatic carbocycles. The molecule has 33 heavy (non-hydrogen) atoms. The highest BCUT2D eigenvalue weighted by atomic mass is 35.5. The first-order valence-electron chi connectivity index (χ1n) is 10.3. The Morgan fingerprint density at radius 2 is 1.79 bits per heavy atom.